The van der Waals surface area contributed by atoms with Crippen LogP contribution < -0.4 is 14.4 Å². The largest absolute Gasteiger partial charge is 0.508 e. The number of benzene rings is 3. The Hall–Kier alpha value is -3.42. The fraction of sp³-hybridized carbons (Fsp3) is 0.120. The van der Waals surface area contributed by atoms with E-state index in [2.05, 4.69) is 0 Å². The number of nitrogens with zero attached hydrogens (tertiary/aromatic N) is 1. The van der Waals surface area contributed by atoms with Crippen LogP contribution in [-0.4, -0.2) is 22.9 Å². The van der Waals surface area contributed by atoms with Crippen LogP contribution in [0.15, 0.2) is 71.6 Å². The Labute approximate surface area is 200 Å². The summed E-state index contributed by atoms with van der Waals surface area (Å²) < 4.78 is 11.6. The number of hydrogen-bond acceptors (Lipinski definition) is 6. The van der Waals surface area contributed by atoms with Gasteiger partial charge in [0.1, 0.15) is 12.4 Å². The van der Waals surface area contributed by atoms with E-state index >= 15 is 0 Å². The highest BCUT2D eigenvalue weighted by Gasteiger charge is 2.36. The van der Waals surface area contributed by atoms with Crippen molar-refractivity contribution in [1.82, 2.24) is 0 Å². The Balaban J connectivity index is 1.56. The lowest BCUT2D eigenvalue weighted by molar-refractivity contribution is -0.113. The third-order valence-electron chi connectivity index (χ3n) is 4.79. The fourth-order valence-electron chi connectivity index (χ4n) is 3.25. The number of hydrogen-bond donors (Lipinski definition) is 1. The molecule has 168 valence electrons. The number of halogens is 1. The van der Waals surface area contributed by atoms with Gasteiger partial charge >= 0.3 is 0 Å². The molecule has 0 aliphatic carbocycles. The number of amides is 2. The van der Waals surface area contributed by atoms with Crippen molar-refractivity contribution in [3.05, 3.63) is 87.8 Å². The first kappa shape index (κ1) is 22.8. The Morgan fingerprint density at radius 1 is 1.00 bits per heavy atom. The van der Waals surface area contributed by atoms with Crippen LogP contribution in [0.3, 0.4) is 0 Å². The van der Waals surface area contributed by atoms with Gasteiger partial charge in [-0.15, -0.1) is 0 Å². The average molecular weight is 482 g/mol. The van der Waals surface area contributed by atoms with Crippen LogP contribution in [0.4, 0.5) is 10.5 Å². The summed E-state index contributed by atoms with van der Waals surface area (Å²) in [5.41, 5.74) is 1.86. The van der Waals surface area contributed by atoms with Gasteiger partial charge in [-0.05, 0) is 60.7 Å². The number of phenolic OH excluding ortho intramolecular Hbond substituents is 1. The third kappa shape index (κ3) is 5.16. The number of imide groups is 1. The normalized spacial score (nSPS) is 14.7. The van der Waals surface area contributed by atoms with Gasteiger partial charge in [0.15, 0.2) is 11.5 Å². The van der Waals surface area contributed by atoms with Crippen molar-refractivity contribution in [2.75, 3.05) is 11.5 Å². The Bertz CT molecular complexity index is 1240. The molecule has 0 atom stereocenters. The first-order valence-corrected chi connectivity index (χ1v) is 11.4. The molecule has 0 saturated carbocycles. The average Bonchev–Trinajstić information content (AvgIpc) is 3.07. The molecule has 0 unspecified atom stereocenters. The highest BCUT2D eigenvalue weighted by atomic mass is 35.5. The van der Waals surface area contributed by atoms with Gasteiger partial charge in [0.2, 0.25) is 0 Å². The molecule has 4 rings (SSSR count). The minimum Gasteiger partial charge on any atom is -0.508 e. The molecular formula is C25H20ClNO5S. The van der Waals surface area contributed by atoms with Crippen LogP contribution in [0.5, 0.6) is 17.2 Å². The zero-order valence-electron chi connectivity index (χ0n) is 17.7. The molecule has 8 heteroatoms. The summed E-state index contributed by atoms with van der Waals surface area (Å²) in [5.74, 6) is 0.587. The van der Waals surface area contributed by atoms with Crippen molar-refractivity contribution < 1.29 is 24.2 Å². The number of anilines is 1. The lowest BCUT2D eigenvalue weighted by Gasteiger charge is -2.13. The molecule has 1 saturated heterocycles. The van der Waals surface area contributed by atoms with Crippen molar-refractivity contribution in [3.8, 4) is 17.2 Å². The number of phenols is 1. The molecule has 0 spiro atoms. The summed E-state index contributed by atoms with van der Waals surface area (Å²) in [6.07, 6.45) is 1.63. The number of thioether (sulfide) groups is 1. The summed E-state index contributed by atoms with van der Waals surface area (Å²) in [6.45, 7) is 2.58. The molecule has 0 aromatic heterocycles. The highest BCUT2D eigenvalue weighted by molar-refractivity contribution is 8.19. The smallest absolute Gasteiger partial charge is 0.298 e. The van der Waals surface area contributed by atoms with Gasteiger partial charge in [-0.1, -0.05) is 41.9 Å². The molecule has 1 heterocycles. The standard InChI is InChI=1S/C25H20ClNO5S/c1-2-31-22-12-16(10-11-21(22)32-15-17-6-3-4-9-20(17)26)13-23-24(29)27(25(30)33-23)18-7-5-8-19(28)14-18/h3-14,28H,2,15H2,1H3/b23-13-. The first-order valence-electron chi connectivity index (χ1n) is 10.2. The molecule has 1 N–H and O–H groups in total. The Morgan fingerprint density at radius 3 is 2.58 bits per heavy atom. The van der Waals surface area contributed by atoms with E-state index in [1.807, 2.05) is 25.1 Å². The maximum Gasteiger partial charge on any atom is 0.298 e. The van der Waals surface area contributed by atoms with Gasteiger partial charge in [-0.2, -0.15) is 0 Å². The van der Waals surface area contributed by atoms with Crippen molar-refractivity contribution in [3.63, 3.8) is 0 Å². The third-order valence-corrected chi connectivity index (χ3v) is 6.03. The predicted octanol–water partition coefficient (Wildman–Crippen LogP) is 6.26. The van der Waals surface area contributed by atoms with Gasteiger partial charge in [-0.3, -0.25) is 9.59 Å². The minimum atomic E-state index is -0.451. The van der Waals surface area contributed by atoms with Crippen molar-refractivity contribution in [1.29, 1.82) is 0 Å². The van der Waals surface area contributed by atoms with Crippen LogP contribution in [0, 0.1) is 0 Å². The van der Waals surface area contributed by atoms with E-state index < -0.39 is 11.1 Å². The predicted molar refractivity (Wildman–Crippen MR) is 130 cm³/mol. The van der Waals surface area contributed by atoms with E-state index in [9.17, 15) is 14.7 Å². The van der Waals surface area contributed by atoms with Gasteiger partial charge in [0.05, 0.1) is 17.2 Å². The van der Waals surface area contributed by atoms with Gasteiger partial charge in [0, 0.05) is 16.7 Å². The van der Waals surface area contributed by atoms with E-state index in [0.29, 0.717) is 34.4 Å². The molecule has 0 radical (unpaired) electrons. The first-order chi connectivity index (χ1) is 16.0. The number of rotatable bonds is 7. The van der Waals surface area contributed by atoms with Crippen LogP contribution in [0.25, 0.3) is 6.08 Å². The number of carbonyl (C=O) groups excluding carboxylic acids is 2. The van der Waals surface area contributed by atoms with E-state index in [-0.39, 0.29) is 17.3 Å². The SMILES string of the molecule is CCOc1cc(/C=C2\SC(=O)N(c3cccc(O)c3)C2=O)ccc1OCc1ccccc1Cl. The van der Waals surface area contributed by atoms with Crippen LogP contribution in [-0.2, 0) is 11.4 Å². The van der Waals surface area contributed by atoms with Crippen LogP contribution in [0.2, 0.25) is 5.02 Å². The monoisotopic (exact) mass is 481 g/mol. The van der Waals surface area contributed by atoms with Gasteiger partial charge in [0.25, 0.3) is 11.1 Å². The summed E-state index contributed by atoms with van der Waals surface area (Å²) in [4.78, 5) is 26.6. The molecule has 1 fully saturated rings. The van der Waals surface area contributed by atoms with Gasteiger partial charge < -0.3 is 14.6 Å². The molecule has 1 aliphatic heterocycles. The second kappa shape index (κ2) is 10.0. The number of carbonyl (C=O) groups is 2. The van der Waals surface area contributed by atoms with E-state index in [4.69, 9.17) is 21.1 Å². The van der Waals surface area contributed by atoms with Crippen molar-refractivity contribution >= 4 is 46.3 Å². The molecule has 3 aromatic carbocycles. The highest BCUT2D eigenvalue weighted by Crippen LogP contribution is 2.38. The summed E-state index contributed by atoms with van der Waals surface area (Å²) in [7, 11) is 0. The lowest BCUT2D eigenvalue weighted by atomic mass is 10.1. The Kier molecular flexibility index (Phi) is 6.91. The summed E-state index contributed by atoms with van der Waals surface area (Å²) in [5, 5.41) is 9.87. The minimum absolute atomic E-state index is 0.0238. The van der Waals surface area contributed by atoms with E-state index in [1.165, 1.54) is 12.1 Å². The maximum atomic E-state index is 12.9. The molecular weight excluding hydrogens is 462 g/mol. The second-order valence-electron chi connectivity index (χ2n) is 7.06. The molecule has 1 aliphatic rings. The number of aromatic hydroxyl groups is 1. The van der Waals surface area contributed by atoms with Crippen molar-refractivity contribution in [2.45, 2.75) is 13.5 Å². The quantitative estimate of drug-likeness (QED) is 0.401. The fourth-order valence-corrected chi connectivity index (χ4v) is 4.28. The van der Waals surface area contributed by atoms with Crippen molar-refractivity contribution in [2.24, 2.45) is 0 Å². The maximum absolute atomic E-state index is 12.9. The molecule has 33 heavy (non-hydrogen) atoms. The van der Waals surface area contributed by atoms with Gasteiger partial charge in [-0.25, -0.2) is 4.90 Å². The summed E-state index contributed by atoms with van der Waals surface area (Å²) in [6, 6.07) is 18.8. The zero-order chi connectivity index (χ0) is 23.4. The molecule has 2 amide bonds. The number of ether oxygens (including phenoxy) is 2. The van der Waals surface area contributed by atoms with E-state index in [0.717, 1.165) is 22.2 Å². The molecule has 0 bridgehead atoms. The second-order valence-corrected chi connectivity index (χ2v) is 8.46. The molecule has 6 nitrogen and oxygen atoms in total. The summed E-state index contributed by atoms with van der Waals surface area (Å²) >= 11 is 7.04. The van der Waals surface area contributed by atoms with E-state index in [1.54, 1.807) is 42.5 Å². The topological polar surface area (TPSA) is 76.1 Å². The van der Waals surface area contributed by atoms with Crippen LogP contribution >= 0.6 is 23.4 Å². The Morgan fingerprint density at radius 2 is 1.82 bits per heavy atom. The molecule has 3 aromatic rings. The zero-order valence-corrected chi connectivity index (χ0v) is 19.2. The van der Waals surface area contributed by atoms with Crippen LogP contribution in [0.1, 0.15) is 18.1 Å². The lowest BCUT2D eigenvalue weighted by Crippen LogP contribution is -2.27.